The molecule has 0 heterocycles. The summed E-state index contributed by atoms with van der Waals surface area (Å²) in [6.07, 6.45) is 8.05. The van der Waals surface area contributed by atoms with Gasteiger partial charge in [-0.25, -0.2) is 0 Å². The number of Topliss-reactive ketones (excluding diaryl/α,β-unsaturated/α-hetero) is 1. The fourth-order valence-electron chi connectivity index (χ4n) is 3.21. The third-order valence-electron chi connectivity index (χ3n) is 3.71. The second-order valence-corrected chi connectivity index (χ2v) is 5.20. The minimum Gasteiger partial charge on any atom is -0.299 e. The van der Waals surface area contributed by atoms with Crippen LogP contribution in [0.5, 0.6) is 0 Å². The van der Waals surface area contributed by atoms with E-state index in [1.807, 2.05) is 0 Å². The highest BCUT2D eigenvalue weighted by atomic mass is 16.1. The molecule has 2 saturated carbocycles. The second kappa shape index (κ2) is 3.88. The molecule has 2 fully saturated rings. The highest BCUT2D eigenvalue weighted by Crippen LogP contribution is 2.44. The standard InChI is InChI=1S/C13H20O/c1-9(2)6-10-7-11-4-3-5-13(14)12(11)8-10/h6,10-12H,3-5,7-8H2,1-2H3/t10-,11+,12+/m1/s1. The van der Waals surface area contributed by atoms with Crippen LogP contribution in [0.1, 0.15) is 46.0 Å². The van der Waals surface area contributed by atoms with Crippen molar-refractivity contribution < 1.29 is 4.79 Å². The molecule has 2 rings (SSSR count). The number of ketones is 1. The molecular formula is C13H20O. The number of fused-ring (bicyclic) bond motifs is 1. The molecular weight excluding hydrogens is 172 g/mol. The lowest BCUT2D eigenvalue weighted by atomic mass is 9.81. The first-order chi connectivity index (χ1) is 6.66. The van der Waals surface area contributed by atoms with E-state index in [0.29, 0.717) is 17.6 Å². The van der Waals surface area contributed by atoms with Gasteiger partial charge in [-0.1, -0.05) is 11.6 Å². The number of allylic oxidation sites excluding steroid dienone is 2. The number of hydrogen-bond donors (Lipinski definition) is 0. The zero-order valence-electron chi connectivity index (χ0n) is 9.25. The summed E-state index contributed by atoms with van der Waals surface area (Å²) in [6, 6.07) is 0. The lowest BCUT2D eigenvalue weighted by Gasteiger charge is -2.22. The van der Waals surface area contributed by atoms with E-state index in [0.717, 1.165) is 25.2 Å². The minimum absolute atomic E-state index is 0.421. The highest BCUT2D eigenvalue weighted by molar-refractivity contribution is 5.82. The van der Waals surface area contributed by atoms with E-state index in [-0.39, 0.29) is 0 Å². The molecule has 0 N–H and O–H groups in total. The van der Waals surface area contributed by atoms with Crippen LogP contribution in [0.4, 0.5) is 0 Å². The van der Waals surface area contributed by atoms with Crippen LogP contribution >= 0.6 is 0 Å². The molecule has 0 aliphatic heterocycles. The zero-order valence-corrected chi connectivity index (χ0v) is 9.25. The topological polar surface area (TPSA) is 17.1 Å². The Hall–Kier alpha value is -0.590. The van der Waals surface area contributed by atoms with Gasteiger partial charge >= 0.3 is 0 Å². The molecule has 0 saturated heterocycles. The maximum atomic E-state index is 11.7. The molecule has 0 aromatic carbocycles. The predicted molar refractivity (Wildman–Crippen MR) is 58.0 cm³/mol. The van der Waals surface area contributed by atoms with Crippen LogP contribution in [0.3, 0.4) is 0 Å². The van der Waals surface area contributed by atoms with Crippen LogP contribution in [0.25, 0.3) is 0 Å². The van der Waals surface area contributed by atoms with Crippen molar-refractivity contribution in [2.24, 2.45) is 17.8 Å². The summed E-state index contributed by atoms with van der Waals surface area (Å²) in [5, 5.41) is 0. The SMILES string of the molecule is CC(C)=C[C@@H]1C[C@@H]2CCCC(=O)[C@H]2C1. The largest absolute Gasteiger partial charge is 0.299 e. The van der Waals surface area contributed by atoms with Crippen LogP contribution in [0.15, 0.2) is 11.6 Å². The quantitative estimate of drug-likeness (QED) is 0.582. The number of carbonyl (C=O) groups excluding carboxylic acids is 1. The van der Waals surface area contributed by atoms with E-state index in [9.17, 15) is 4.79 Å². The molecule has 0 aromatic heterocycles. The zero-order chi connectivity index (χ0) is 10.1. The maximum Gasteiger partial charge on any atom is 0.136 e. The Labute approximate surface area is 86.6 Å². The van der Waals surface area contributed by atoms with Crippen molar-refractivity contribution in [1.82, 2.24) is 0 Å². The van der Waals surface area contributed by atoms with Crippen molar-refractivity contribution >= 4 is 5.78 Å². The van der Waals surface area contributed by atoms with Crippen LogP contribution in [0.2, 0.25) is 0 Å². The predicted octanol–water partition coefficient (Wildman–Crippen LogP) is 3.35. The molecule has 2 aliphatic rings. The van der Waals surface area contributed by atoms with Crippen molar-refractivity contribution in [3.8, 4) is 0 Å². The first-order valence-electron chi connectivity index (χ1n) is 5.84. The van der Waals surface area contributed by atoms with Gasteiger partial charge in [0.2, 0.25) is 0 Å². The Kier molecular flexibility index (Phi) is 2.76. The maximum absolute atomic E-state index is 11.7. The Bertz CT molecular complexity index is 260. The van der Waals surface area contributed by atoms with Crippen molar-refractivity contribution in [3.05, 3.63) is 11.6 Å². The molecule has 0 amide bonds. The van der Waals surface area contributed by atoms with Gasteiger partial charge < -0.3 is 0 Å². The second-order valence-electron chi connectivity index (χ2n) is 5.20. The highest BCUT2D eigenvalue weighted by Gasteiger charge is 2.39. The fraction of sp³-hybridized carbons (Fsp3) is 0.769. The summed E-state index contributed by atoms with van der Waals surface area (Å²) < 4.78 is 0. The normalized spacial score (nSPS) is 36.7. The molecule has 0 radical (unpaired) electrons. The number of hydrogen-bond acceptors (Lipinski definition) is 1. The van der Waals surface area contributed by atoms with Gasteiger partial charge in [-0.05, 0) is 51.4 Å². The summed E-state index contributed by atoms with van der Waals surface area (Å²) in [4.78, 5) is 11.7. The van der Waals surface area contributed by atoms with E-state index in [1.54, 1.807) is 0 Å². The van der Waals surface area contributed by atoms with Gasteiger partial charge in [0.1, 0.15) is 5.78 Å². The average Bonchev–Trinajstić information content (AvgIpc) is 2.47. The fourth-order valence-corrected chi connectivity index (χ4v) is 3.21. The van der Waals surface area contributed by atoms with E-state index < -0.39 is 0 Å². The van der Waals surface area contributed by atoms with Gasteiger partial charge in [0.15, 0.2) is 0 Å². The number of carbonyl (C=O) groups is 1. The minimum atomic E-state index is 0.421. The monoisotopic (exact) mass is 192 g/mol. The van der Waals surface area contributed by atoms with Crippen LogP contribution < -0.4 is 0 Å². The third-order valence-corrected chi connectivity index (χ3v) is 3.71. The van der Waals surface area contributed by atoms with Gasteiger partial charge in [-0.3, -0.25) is 4.79 Å². The molecule has 0 aromatic rings. The molecule has 0 unspecified atom stereocenters. The molecule has 3 atom stereocenters. The molecule has 1 heteroatoms. The van der Waals surface area contributed by atoms with E-state index in [1.165, 1.54) is 18.4 Å². The van der Waals surface area contributed by atoms with Crippen LogP contribution in [0, 0.1) is 17.8 Å². The van der Waals surface area contributed by atoms with Crippen molar-refractivity contribution in [2.75, 3.05) is 0 Å². The Morgan fingerprint density at radius 2 is 2.14 bits per heavy atom. The van der Waals surface area contributed by atoms with Crippen LogP contribution in [-0.2, 0) is 4.79 Å². The van der Waals surface area contributed by atoms with Crippen molar-refractivity contribution in [2.45, 2.75) is 46.0 Å². The summed E-state index contributed by atoms with van der Waals surface area (Å²) in [5.41, 5.74) is 1.40. The Balaban J connectivity index is 2.04. The summed E-state index contributed by atoms with van der Waals surface area (Å²) in [5.74, 6) is 2.38. The Morgan fingerprint density at radius 1 is 1.36 bits per heavy atom. The molecule has 78 valence electrons. The average molecular weight is 192 g/mol. The smallest absolute Gasteiger partial charge is 0.136 e. The van der Waals surface area contributed by atoms with Crippen molar-refractivity contribution in [3.63, 3.8) is 0 Å². The third kappa shape index (κ3) is 1.92. The lowest BCUT2D eigenvalue weighted by Crippen LogP contribution is -2.23. The summed E-state index contributed by atoms with van der Waals surface area (Å²) in [6.45, 7) is 4.31. The summed E-state index contributed by atoms with van der Waals surface area (Å²) >= 11 is 0. The van der Waals surface area contributed by atoms with Crippen molar-refractivity contribution in [1.29, 1.82) is 0 Å². The first-order valence-corrected chi connectivity index (χ1v) is 5.84. The number of rotatable bonds is 1. The van der Waals surface area contributed by atoms with E-state index >= 15 is 0 Å². The van der Waals surface area contributed by atoms with Gasteiger partial charge in [0.25, 0.3) is 0 Å². The van der Waals surface area contributed by atoms with E-state index in [4.69, 9.17) is 0 Å². The first kappa shape index (κ1) is 9.95. The summed E-state index contributed by atoms with van der Waals surface area (Å²) in [7, 11) is 0. The molecule has 0 bridgehead atoms. The van der Waals surface area contributed by atoms with Gasteiger partial charge in [-0.15, -0.1) is 0 Å². The molecule has 2 aliphatic carbocycles. The Morgan fingerprint density at radius 3 is 2.79 bits per heavy atom. The van der Waals surface area contributed by atoms with E-state index in [2.05, 4.69) is 19.9 Å². The molecule has 0 spiro atoms. The lowest BCUT2D eigenvalue weighted by molar-refractivity contribution is -0.125. The van der Waals surface area contributed by atoms with Crippen LogP contribution in [-0.4, -0.2) is 5.78 Å². The molecule has 1 nitrogen and oxygen atoms in total. The van der Waals surface area contributed by atoms with Gasteiger partial charge in [0.05, 0.1) is 0 Å². The molecule has 14 heavy (non-hydrogen) atoms. The van der Waals surface area contributed by atoms with Gasteiger partial charge in [0, 0.05) is 12.3 Å². The van der Waals surface area contributed by atoms with Gasteiger partial charge in [-0.2, -0.15) is 0 Å².